The number of rotatable bonds is 10. The van der Waals surface area contributed by atoms with Gasteiger partial charge < -0.3 is 20.1 Å². The zero-order chi connectivity index (χ0) is 22.2. The van der Waals surface area contributed by atoms with Gasteiger partial charge in [0.15, 0.2) is 0 Å². The largest absolute Gasteiger partial charge is 0.444 e. The Balaban J connectivity index is 4.20. The third-order valence-electron chi connectivity index (χ3n) is 4.04. The van der Waals surface area contributed by atoms with Crippen molar-refractivity contribution in [1.29, 1.82) is 0 Å². The summed E-state index contributed by atoms with van der Waals surface area (Å²) in [5, 5.41) is 5.76. The predicted octanol–water partition coefficient (Wildman–Crippen LogP) is 3.91. The minimum atomic E-state index is -0.899. The van der Waals surface area contributed by atoms with Crippen LogP contribution in [0.5, 0.6) is 0 Å². The van der Waals surface area contributed by atoms with E-state index in [0.29, 0.717) is 32.4 Å². The SMILES string of the molecule is [B]C(C)(CCC(=O)NCCC(C)(C)C)OCCC(C)(C)NC(=O)OC(C)(C)C. The highest BCUT2D eigenvalue weighted by Gasteiger charge is 2.26. The molecule has 1 unspecified atom stereocenters. The number of carbonyl (C=O) groups excluding carboxylic acids is 2. The Kier molecular flexibility index (Phi) is 10.1. The average molecular weight is 396 g/mol. The summed E-state index contributed by atoms with van der Waals surface area (Å²) in [6.07, 6.45) is 1.77. The molecule has 0 aromatic carbocycles. The second-order valence-corrected chi connectivity index (χ2v) is 10.6. The van der Waals surface area contributed by atoms with E-state index in [4.69, 9.17) is 17.3 Å². The molecule has 2 radical (unpaired) electrons. The smallest absolute Gasteiger partial charge is 0.408 e. The molecule has 0 heterocycles. The van der Waals surface area contributed by atoms with Crippen LogP contribution in [0.4, 0.5) is 4.79 Å². The Labute approximate surface area is 173 Å². The average Bonchev–Trinajstić information content (AvgIpc) is 2.40. The fraction of sp³-hybridized carbons (Fsp3) is 0.905. The van der Waals surface area contributed by atoms with E-state index in [1.54, 1.807) is 6.92 Å². The van der Waals surface area contributed by atoms with Gasteiger partial charge in [0.25, 0.3) is 0 Å². The maximum atomic E-state index is 12.0. The number of alkyl carbamates (subject to hydrolysis) is 1. The Hall–Kier alpha value is -1.24. The first kappa shape index (κ1) is 26.8. The zero-order valence-corrected chi connectivity index (χ0v) is 19.5. The van der Waals surface area contributed by atoms with Crippen molar-refractivity contribution in [1.82, 2.24) is 10.6 Å². The second kappa shape index (κ2) is 10.5. The lowest BCUT2D eigenvalue weighted by atomic mass is 9.79. The van der Waals surface area contributed by atoms with Crippen molar-refractivity contribution in [2.24, 2.45) is 5.41 Å². The van der Waals surface area contributed by atoms with Gasteiger partial charge in [0.05, 0.1) is 0 Å². The topological polar surface area (TPSA) is 76.7 Å². The van der Waals surface area contributed by atoms with E-state index in [1.807, 2.05) is 34.6 Å². The summed E-state index contributed by atoms with van der Waals surface area (Å²) < 4.78 is 11.0. The highest BCUT2D eigenvalue weighted by Crippen LogP contribution is 2.19. The van der Waals surface area contributed by atoms with Gasteiger partial charge in [-0.25, -0.2) is 4.79 Å². The van der Waals surface area contributed by atoms with Crippen LogP contribution in [0.1, 0.15) is 88.0 Å². The molecule has 0 aromatic heterocycles. The van der Waals surface area contributed by atoms with Gasteiger partial charge in [-0.05, 0) is 66.2 Å². The molecule has 0 rings (SSSR count). The molecule has 0 aromatic rings. The van der Waals surface area contributed by atoms with E-state index in [-0.39, 0.29) is 11.3 Å². The number of hydrogen-bond acceptors (Lipinski definition) is 4. The van der Waals surface area contributed by atoms with Gasteiger partial charge in [-0.3, -0.25) is 4.79 Å². The van der Waals surface area contributed by atoms with Crippen LogP contribution in [0.2, 0.25) is 0 Å². The summed E-state index contributed by atoms with van der Waals surface area (Å²) in [6.45, 7) is 18.5. The summed E-state index contributed by atoms with van der Waals surface area (Å²) in [7, 11) is 6.16. The third-order valence-corrected chi connectivity index (χ3v) is 4.04. The Morgan fingerprint density at radius 3 is 1.96 bits per heavy atom. The van der Waals surface area contributed by atoms with Crippen molar-refractivity contribution in [3.05, 3.63) is 0 Å². The molecule has 0 spiro atoms. The maximum absolute atomic E-state index is 12.0. The first-order valence-electron chi connectivity index (χ1n) is 10.1. The number of hydrogen-bond donors (Lipinski definition) is 2. The van der Waals surface area contributed by atoms with Crippen molar-refractivity contribution in [3.8, 4) is 0 Å². The lowest BCUT2D eigenvalue weighted by Crippen LogP contribution is -2.47. The fourth-order valence-electron chi connectivity index (χ4n) is 2.28. The summed E-state index contributed by atoms with van der Waals surface area (Å²) in [4.78, 5) is 23.9. The molecule has 0 saturated carbocycles. The van der Waals surface area contributed by atoms with Crippen LogP contribution in [-0.4, -0.2) is 49.6 Å². The molecule has 2 N–H and O–H groups in total. The van der Waals surface area contributed by atoms with Crippen LogP contribution >= 0.6 is 0 Å². The fourth-order valence-corrected chi connectivity index (χ4v) is 2.28. The number of nitrogens with one attached hydrogen (secondary N) is 2. The van der Waals surface area contributed by atoms with Crippen LogP contribution in [0, 0.1) is 5.41 Å². The second-order valence-electron chi connectivity index (χ2n) is 10.6. The minimum absolute atomic E-state index is 0.0172. The Bertz CT molecular complexity index is 506. The molecular formula is C21H41BN2O4. The van der Waals surface area contributed by atoms with Gasteiger partial charge in [-0.15, -0.1) is 0 Å². The summed E-state index contributed by atoms with van der Waals surface area (Å²) in [6, 6.07) is 0. The molecule has 162 valence electrons. The standard InChI is InChI=1S/C21H41BN2O4/c1-18(2,3)12-14-23-16(25)10-11-21(9,22)27-15-13-20(7,8)24-17(26)28-19(4,5)6/h10-15H2,1-9H3,(H,23,25)(H,24,26). The molecule has 2 amide bonds. The molecule has 0 bridgehead atoms. The Morgan fingerprint density at radius 2 is 1.46 bits per heavy atom. The first-order valence-corrected chi connectivity index (χ1v) is 10.1. The number of ether oxygens (including phenoxy) is 2. The molecular weight excluding hydrogens is 355 g/mol. The van der Waals surface area contributed by atoms with Gasteiger partial charge in [0, 0.05) is 30.6 Å². The van der Waals surface area contributed by atoms with Crippen LogP contribution in [0.25, 0.3) is 0 Å². The first-order chi connectivity index (χ1) is 12.4. The third kappa shape index (κ3) is 15.8. The normalized spacial score (nSPS) is 14.9. The molecule has 1 atom stereocenters. The van der Waals surface area contributed by atoms with E-state index in [1.165, 1.54) is 0 Å². The maximum Gasteiger partial charge on any atom is 0.408 e. The van der Waals surface area contributed by atoms with E-state index in [2.05, 4.69) is 31.4 Å². The minimum Gasteiger partial charge on any atom is -0.444 e. The van der Waals surface area contributed by atoms with Gasteiger partial charge >= 0.3 is 6.09 Å². The highest BCUT2D eigenvalue weighted by molar-refractivity contribution is 6.14. The predicted molar refractivity (Wildman–Crippen MR) is 114 cm³/mol. The van der Waals surface area contributed by atoms with Crippen molar-refractivity contribution >= 4 is 19.8 Å². The summed E-state index contributed by atoms with van der Waals surface area (Å²) >= 11 is 0. The lowest BCUT2D eigenvalue weighted by Gasteiger charge is -2.31. The van der Waals surface area contributed by atoms with Crippen molar-refractivity contribution in [3.63, 3.8) is 0 Å². The van der Waals surface area contributed by atoms with E-state index in [0.717, 1.165) is 6.42 Å². The van der Waals surface area contributed by atoms with Crippen molar-refractivity contribution in [2.75, 3.05) is 13.2 Å². The van der Waals surface area contributed by atoms with Crippen molar-refractivity contribution < 1.29 is 19.1 Å². The molecule has 7 heteroatoms. The lowest BCUT2D eigenvalue weighted by molar-refractivity contribution is -0.122. The van der Waals surface area contributed by atoms with Gasteiger partial charge in [0.2, 0.25) is 5.91 Å². The van der Waals surface area contributed by atoms with E-state index < -0.39 is 22.7 Å². The van der Waals surface area contributed by atoms with E-state index in [9.17, 15) is 9.59 Å². The zero-order valence-electron chi connectivity index (χ0n) is 19.5. The molecule has 0 fully saturated rings. The molecule has 0 aliphatic heterocycles. The quantitative estimate of drug-likeness (QED) is 0.549. The molecule has 28 heavy (non-hydrogen) atoms. The highest BCUT2D eigenvalue weighted by atomic mass is 16.6. The van der Waals surface area contributed by atoms with Crippen LogP contribution < -0.4 is 10.6 Å². The van der Waals surface area contributed by atoms with Crippen LogP contribution in [0.15, 0.2) is 0 Å². The summed E-state index contributed by atoms with van der Waals surface area (Å²) in [5.41, 5.74) is -1.75. The van der Waals surface area contributed by atoms with E-state index >= 15 is 0 Å². The monoisotopic (exact) mass is 396 g/mol. The van der Waals surface area contributed by atoms with Gasteiger partial charge in [0.1, 0.15) is 13.4 Å². The number of carbonyl (C=O) groups is 2. The van der Waals surface area contributed by atoms with Gasteiger partial charge in [-0.1, -0.05) is 20.8 Å². The van der Waals surface area contributed by atoms with Gasteiger partial charge in [-0.2, -0.15) is 0 Å². The van der Waals surface area contributed by atoms with Crippen molar-refractivity contribution in [2.45, 2.75) is 105 Å². The van der Waals surface area contributed by atoms with Crippen LogP contribution in [-0.2, 0) is 14.3 Å². The molecule has 0 aliphatic rings. The Morgan fingerprint density at radius 1 is 0.893 bits per heavy atom. The number of amides is 2. The molecule has 0 aliphatic carbocycles. The summed E-state index contributed by atoms with van der Waals surface area (Å²) in [5.74, 6) is -0.0172. The molecule has 6 nitrogen and oxygen atoms in total. The van der Waals surface area contributed by atoms with Crippen LogP contribution in [0.3, 0.4) is 0 Å². The molecule has 0 saturated heterocycles.